The summed E-state index contributed by atoms with van der Waals surface area (Å²) in [5.41, 5.74) is 0. The van der Waals surface area contributed by atoms with Crippen LogP contribution < -0.4 is 5.32 Å². The van der Waals surface area contributed by atoms with Crippen molar-refractivity contribution in [1.82, 2.24) is 5.32 Å². The molecule has 0 aliphatic heterocycles. The van der Waals surface area contributed by atoms with Gasteiger partial charge in [-0.2, -0.15) is 0 Å². The highest BCUT2D eigenvalue weighted by Gasteiger charge is 2.18. The number of ether oxygens (including phenoxy) is 1. The molecule has 0 aromatic rings. The summed E-state index contributed by atoms with van der Waals surface area (Å²) in [5.74, 6) is -0.0721. The number of amides is 1. The first kappa shape index (κ1) is 70.8. The van der Waals surface area contributed by atoms with Gasteiger partial charge in [-0.25, -0.2) is 0 Å². The molecular formula is C67H125NO5. The van der Waals surface area contributed by atoms with Crippen LogP contribution in [0.1, 0.15) is 341 Å². The number of rotatable bonds is 60. The molecule has 0 radical (unpaired) electrons. The highest BCUT2D eigenvalue weighted by molar-refractivity contribution is 5.76. The van der Waals surface area contributed by atoms with E-state index in [-0.39, 0.29) is 18.5 Å². The fraction of sp³-hybridized carbons (Fsp3) is 0.851. The number of nitrogens with one attached hydrogen (secondary N) is 1. The summed E-state index contributed by atoms with van der Waals surface area (Å²) >= 11 is 0. The standard InChI is InChI=1S/C67H125NO5/c1-3-5-7-9-11-13-15-17-19-27-31-35-39-43-47-51-55-59-65(70)64(63-69)68-66(71)60-56-52-48-44-40-36-32-29-25-23-21-22-24-26-30-34-38-42-46-50-54-58-62-73-67(72)61-57-53-49-45-41-37-33-28-20-18-16-14-12-10-8-6-4-2/h12,14,18,20,23,25,55,59,64-65,69-70H,3-11,13,15-17,19,21-22,24,26-54,56-58,60-63H2,1-2H3,(H,68,71)/b14-12-,20-18-,25-23-,59-55+. The molecule has 0 bridgehead atoms. The zero-order chi connectivity index (χ0) is 52.9. The second-order valence-electron chi connectivity index (χ2n) is 22.1. The van der Waals surface area contributed by atoms with Crippen molar-refractivity contribution in [1.29, 1.82) is 0 Å². The van der Waals surface area contributed by atoms with Crippen molar-refractivity contribution < 1.29 is 24.5 Å². The number of hydrogen-bond donors (Lipinski definition) is 3. The van der Waals surface area contributed by atoms with Crippen LogP contribution in [0.25, 0.3) is 0 Å². The maximum absolute atomic E-state index is 12.5. The van der Waals surface area contributed by atoms with Gasteiger partial charge in [-0.3, -0.25) is 9.59 Å². The largest absolute Gasteiger partial charge is 0.466 e. The van der Waals surface area contributed by atoms with Crippen molar-refractivity contribution in [3.63, 3.8) is 0 Å². The van der Waals surface area contributed by atoms with E-state index in [0.717, 1.165) is 57.8 Å². The Kier molecular flexibility index (Phi) is 60.5. The van der Waals surface area contributed by atoms with Crippen molar-refractivity contribution in [3.8, 4) is 0 Å². The topological polar surface area (TPSA) is 95.9 Å². The van der Waals surface area contributed by atoms with E-state index in [1.807, 2.05) is 6.08 Å². The summed E-state index contributed by atoms with van der Waals surface area (Å²) in [6, 6.07) is -0.634. The van der Waals surface area contributed by atoms with Crippen LogP contribution in [0.2, 0.25) is 0 Å². The molecule has 2 unspecified atom stereocenters. The molecule has 0 saturated heterocycles. The minimum absolute atomic E-state index is 0.00153. The van der Waals surface area contributed by atoms with E-state index in [4.69, 9.17) is 4.74 Å². The Hall–Kier alpha value is -2.18. The molecule has 428 valence electrons. The Balaban J connectivity index is 3.44. The van der Waals surface area contributed by atoms with Gasteiger partial charge in [-0.05, 0) is 89.9 Å². The fourth-order valence-electron chi connectivity index (χ4n) is 9.84. The SMILES string of the molecule is CCCCC/C=C\C/C=C\CCCCCCCCCC(=O)OCCCCCCCCCCCCC/C=C\CCCCCCCCCC(=O)NC(CO)C(O)/C=C/CCCCCCCCCCCCCCCCC. The molecule has 0 aliphatic rings. The lowest BCUT2D eigenvalue weighted by Crippen LogP contribution is -2.45. The van der Waals surface area contributed by atoms with E-state index in [9.17, 15) is 19.8 Å². The molecule has 0 spiro atoms. The number of aliphatic hydroxyl groups is 2. The third kappa shape index (κ3) is 58.9. The minimum Gasteiger partial charge on any atom is -0.466 e. The molecule has 0 aromatic heterocycles. The van der Waals surface area contributed by atoms with Crippen LogP contribution in [0.4, 0.5) is 0 Å². The average Bonchev–Trinajstić information content (AvgIpc) is 3.39. The van der Waals surface area contributed by atoms with E-state index < -0.39 is 12.1 Å². The van der Waals surface area contributed by atoms with Gasteiger partial charge in [0, 0.05) is 12.8 Å². The monoisotopic (exact) mass is 1020 g/mol. The lowest BCUT2D eigenvalue weighted by atomic mass is 10.0. The van der Waals surface area contributed by atoms with Gasteiger partial charge in [-0.15, -0.1) is 0 Å². The molecule has 6 heteroatoms. The van der Waals surface area contributed by atoms with Gasteiger partial charge in [0.25, 0.3) is 0 Å². The first-order valence-electron chi connectivity index (χ1n) is 32.4. The number of allylic oxidation sites excluding steroid dienone is 7. The molecule has 6 nitrogen and oxygen atoms in total. The van der Waals surface area contributed by atoms with E-state index in [2.05, 4.69) is 55.6 Å². The van der Waals surface area contributed by atoms with Gasteiger partial charge >= 0.3 is 5.97 Å². The normalized spacial score (nSPS) is 12.9. The molecule has 0 saturated carbocycles. The van der Waals surface area contributed by atoms with Crippen LogP contribution >= 0.6 is 0 Å². The predicted octanol–water partition coefficient (Wildman–Crippen LogP) is 20.5. The summed E-state index contributed by atoms with van der Waals surface area (Å²) in [6.07, 6.45) is 80.1. The highest BCUT2D eigenvalue weighted by Crippen LogP contribution is 2.17. The third-order valence-corrected chi connectivity index (χ3v) is 14.8. The molecule has 3 N–H and O–H groups in total. The number of esters is 1. The number of carbonyl (C=O) groups is 2. The molecule has 0 fully saturated rings. The van der Waals surface area contributed by atoms with Crippen molar-refractivity contribution in [2.45, 2.75) is 353 Å². The highest BCUT2D eigenvalue weighted by atomic mass is 16.5. The van der Waals surface area contributed by atoms with Gasteiger partial charge in [0.1, 0.15) is 0 Å². The second kappa shape index (κ2) is 62.4. The van der Waals surface area contributed by atoms with Crippen LogP contribution in [-0.2, 0) is 14.3 Å². The number of aliphatic hydroxyl groups excluding tert-OH is 2. The summed E-state index contributed by atoms with van der Waals surface area (Å²) < 4.78 is 5.49. The molecule has 0 heterocycles. The number of hydrogen-bond acceptors (Lipinski definition) is 5. The number of unbranched alkanes of at least 4 members (excludes halogenated alkanes) is 43. The van der Waals surface area contributed by atoms with Crippen LogP contribution in [-0.4, -0.2) is 47.4 Å². The van der Waals surface area contributed by atoms with E-state index >= 15 is 0 Å². The van der Waals surface area contributed by atoms with Gasteiger partial charge in [-0.1, -0.05) is 287 Å². The number of carbonyl (C=O) groups excluding carboxylic acids is 2. The van der Waals surface area contributed by atoms with Gasteiger partial charge in [0.05, 0.1) is 25.4 Å². The predicted molar refractivity (Wildman–Crippen MR) is 319 cm³/mol. The molecule has 0 aliphatic carbocycles. The van der Waals surface area contributed by atoms with E-state index in [1.165, 1.54) is 257 Å². The van der Waals surface area contributed by atoms with E-state index in [0.29, 0.717) is 19.4 Å². The van der Waals surface area contributed by atoms with Gasteiger partial charge in [0.2, 0.25) is 5.91 Å². The molecule has 0 rings (SSSR count). The first-order chi connectivity index (χ1) is 36.0. The summed E-state index contributed by atoms with van der Waals surface area (Å²) in [4.78, 5) is 24.6. The van der Waals surface area contributed by atoms with Crippen molar-refractivity contribution in [2.24, 2.45) is 0 Å². The molecule has 73 heavy (non-hydrogen) atoms. The Morgan fingerprint density at radius 1 is 0.384 bits per heavy atom. The van der Waals surface area contributed by atoms with Crippen LogP contribution in [0.5, 0.6) is 0 Å². The Morgan fingerprint density at radius 3 is 1.08 bits per heavy atom. The zero-order valence-corrected chi connectivity index (χ0v) is 48.9. The third-order valence-electron chi connectivity index (χ3n) is 14.8. The van der Waals surface area contributed by atoms with Crippen molar-refractivity contribution >= 4 is 11.9 Å². The molecular weight excluding hydrogens is 899 g/mol. The summed E-state index contributed by atoms with van der Waals surface area (Å²) in [7, 11) is 0. The molecule has 2 atom stereocenters. The van der Waals surface area contributed by atoms with Gasteiger partial charge in [0.15, 0.2) is 0 Å². The van der Waals surface area contributed by atoms with Gasteiger partial charge < -0.3 is 20.3 Å². The lowest BCUT2D eigenvalue weighted by Gasteiger charge is -2.20. The Bertz CT molecular complexity index is 1230. The summed E-state index contributed by atoms with van der Waals surface area (Å²) in [6.45, 7) is 4.89. The van der Waals surface area contributed by atoms with Crippen LogP contribution in [0.15, 0.2) is 48.6 Å². The maximum atomic E-state index is 12.5. The maximum Gasteiger partial charge on any atom is 0.305 e. The molecule has 1 amide bonds. The lowest BCUT2D eigenvalue weighted by molar-refractivity contribution is -0.143. The van der Waals surface area contributed by atoms with Crippen molar-refractivity contribution in [2.75, 3.05) is 13.2 Å². The summed E-state index contributed by atoms with van der Waals surface area (Å²) in [5, 5.41) is 23.2. The second-order valence-corrected chi connectivity index (χ2v) is 22.1. The fourth-order valence-corrected chi connectivity index (χ4v) is 9.84. The Labute approximate surface area is 455 Å². The van der Waals surface area contributed by atoms with Crippen LogP contribution in [0.3, 0.4) is 0 Å². The van der Waals surface area contributed by atoms with Crippen LogP contribution in [0, 0.1) is 0 Å². The smallest absolute Gasteiger partial charge is 0.305 e. The average molecular weight is 1020 g/mol. The minimum atomic E-state index is -0.850. The van der Waals surface area contributed by atoms with Crippen molar-refractivity contribution in [3.05, 3.63) is 48.6 Å². The molecule has 0 aromatic carbocycles. The quantitative estimate of drug-likeness (QED) is 0.0320. The zero-order valence-electron chi connectivity index (χ0n) is 48.9. The first-order valence-corrected chi connectivity index (χ1v) is 32.4. The Morgan fingerprint density at radius 2 is 0.685 bits per heavy atom. The van der Waals surface area contributed by atoms with E-state index in [1.54, 1.807) is 6.08 Å².